The summed E-state index contributed by atoms with van der Waals surface area (Å²) in [5.41, 5.74) is 0. The number of aliphatic hydroxyl groups is 1. The average Bonchev–Trinajstić information content (AvgIpc) is 3.32. The van der Waals surface area contributed by atoms with Crippen molar-refractivity contribution in [3.63, 3.8) is 0 Å². The number of amides is 1. The molecule has 0 aromatic heterocycles. The van der Waals surface area contributed by atoms with E-state index >= 15 is 0 Å². The lowest BCUT2D eigenvalue weighted by Gasteiger charge is -2.30. The number of carbonyl (C=O) groups is 1. The molecular formula is C61H111N2O6P. The van der Waals surface area contributed by atoms with Gasteiger partial charge in [-0.15, -0.1) is 0 Å². The highest BCUT2D eigenvalue weighted by Gasteiger charge is 2.24. The number of likely N-dealkylation sites (N-methyl/N-ethyl adjacent to an activating group) is 1. The van der Waals surface area contributed by atoms with Gasteiger partial charge in [0.25, 0.3) is 7.82 Å². The topological polar surface area (TPSA) is 108 Å². The fourth-order valence-electron chi connectivity index (χ4n) is 8.14. The van der Waals surface area contributed by atoms with Gasteiger partial charge in [-0.2, -0.15) is 0 Å². The average molecular weight is 1000 g/mol. The Bertz CT molecular complexity index is 1410. The first-order valence-corrected chi connectivity index (χ1v) is 30.4. The summed E-state index contributed by atoms with van der Waals surface area (Å²) in [5, 5.41) is 14.0. The van der Waals surface area contributed by atoms with Crippen molar-refractivity contribution in [3.05, 3.63) is 85.1 Å². The molecule has 0 radical (unpaired) electrons. The van der Waals surface area contributed by atoms with E-state index in [9.17, 15) is 19.4 Å². The van der Waals surface area contributed by atoms with Crippen LogP contribution in [0.2, 0.25) is 0 Å². The minimum Gasteiger partial charge on any atom is -0.756 e. The molecule has 3 unspecified atom stereocenters. The highest BCUT2D eigenvalue weighted by Crippen LogP contribution is 2.38. The molecule has 8 nitrogen and oxygen atoms in total. The minimum atomic E-state index is -4.57. The van der Waals surface area contributed by atoms with Crippen LogP contribution in [0.1, 0.15) is 245 Å². The van der Waals surface area contributed by atoms with Gasteiger partial charge in [0, 0.05) is 6.42 Å². The molecular weight excluding hydrogens is 888 g/mol. The summed E-state index contributed by atoms with van der Waals surface area (Å²) in [6, 6.07) is -0.804. The lowest BCUT2D eigenvalue weighted by Crippen LogP contribution is -2.46. The summed E-state index contributed by atoms with van der Waals surface area (Å²) >= 11 is 0. The Labute approximate surface area is 433 Å². The zero-order valence-corrected chi connectivity index (χ0v) is 47.1. The largest absolute Gasteiger partial charge is 0.756 e. The van der Waals surface area contributed by atoms with E-state index in [1.807, 2.05) is 21.1 Å². The summed E-state index contributed by atoms with van der Waals surface area (Å²) in [6.07, 6.45) is 71.9. The van der Waals surface area contributed by atoms with Crippen LogP contribution in [-0.4, -0.2) is 68.5 Å². The number of phosphoric ester groups is 1. The van der Waals surface area contributed by atoms with E-state index in [0.717, 1.165) is 83.5 Å². The third-order valence-corrected chi connectivity index (χ3v) is 13.6. The molecule has 0 aromatic rings. The number of rotatable bonds is 52. The summed E-state index contributed by atoms with van der Waals surface area (Å²) in [5.74, 6) is -0.169. The van der Waals surface area contributed by atoms with Crippen molar-refractivity contribution in [2.45, 2.75) is 257 Å². The van der Waals surface area contributed by atoms with Gasteiger partial charge in [-0.05, 0) is 70.6 Å². The van der Waals surface area contributed by atoms with E-state index in [-0.39, 0.29) is 19.1 Å². The molecule has 0 rings (SSSR count). The highest BCUT2D eigenvalue weighted by molar-refractivity contribution is 7.45. The fourth-order valence-corrected chi connectivity index (χ4v) is 8.86. The number of nitrogens with one attached hydrogen (secondary N) is 1. The van der Waals surface area contributed by atoms with Crippen molar-refractivity contribution in [2.24, 2.45) is 0 Å². The summed E-state index contributed by atoms with van der Waals surface area (Å²) in [7, 11) is 1.30. The number of nitrogens with zero attached hydrogens (tertiary/aromatic N) is 1. The molecule has 0 saturated carbocycles. The van der Waals surface area contributed by atoms with Gasteiger partial charge >= 0.3 is 0 Å². The van der Waals surface area contributed by atoms with Crippen LogP contribution in [0.25, 0.3) is 0 Å². The van der Waals surface area contributed by atoms with Crippen LogP contribution in [0.4, 0.5) is 0 Å². The molecule has 70 heavy (non-hydrogen) atoms. The van der Waals surface area contributed by atoms with Crippen LogP contribution in [0.5, 0.6) is 0 Å². The van der Waals surface area contributed by atoms with Crippen molar-refractivity contribution >= 4 is 13.7 Å². The second-order valence-electron chi connectivity index (χ2n) is 20.6. The predicted molar refractivity (Wildman–Crippen MR) is 302 cm³/mol. The zero-order chi connectivity index (χ0) is 51.3. The number of unbranched alkanes of at least 4 members (excludes halogenated alkanes) is 25. The molecule has 0 heterocycles. The maximum Gasteiger partial charge on any atom is 0.268 e. The Morgan fingerprint density at radius 1 is 0.514 bits per heavy atom. The standard InChI is InChI=1S/C61H111N2O6P/c1-6-8-10-12-14-16-18-20-21-22-23-24-25-26-27-28-29-30-31-32-33-34-35-36-37-38-39-40-41-43-45-47-49-51-53-55-61(65)62-59(58-69-70(66,67)68-57-56-63(3,4)5)60(64)54-52-50-48-46-44-42-19-17-15-13-11-9-7-2/h8,10,14,16,20-21,23-24,26-27,29-30,32-33,59-60,64H,6-7,9,11-13,15,17-19,22,25,28,31,34-58H2,1-5H3,(H-,62,65,66,67)/b10-8-,16-14-,21-20-,24-23-,27-26-,30-29-,33-32-. The molecule has 1 amide bonds. The molecule has 2 N–H and O–H groups in total. The predicted octanol–water partition coefficient (Wildman–Crippen LogP) is 17.0. The van der Waals surface area contributed by atoms with Crippen molar-refractivity contribution in [2.75, 3.05) is 40.9 Å². The lowest BCUT2D eigenvalue weighted by atomic mass is 10.0. The van der Waals surface area contributed by atoms with Crippen molar-refractivity contribution < 1.29 is 32.9 Å². The van der Waals surface area contributed by atoms with E-state index in [1.54, 1.807) is 0 Å². The number of quaternary nitrogens is 1. The van der Waals surface area contributed by atoms with Crippen molar-refractivity contribution in [1.82, 2.24) is 5.32 Å². The first kappa shape index (κ1) is 67.7. The van der Waals surface area contributed by atoms with Gasteiger partial charge in [-0.1, -0.05) is 253 Å². The van der Waals surface area contributed by atoms with Crippen LogP contribution < -0.4 is 10.2 Å². The molecule has 0 bridgehead atoms. The Kier molecular flexibility index (Phi) is 49.9. The monoisotopic (exact) mass is 999 g/mol. The fraction of sp³-hybridized carbons (Fsp3) is 0.754. The zero-order valence-electron chi connectivity index (χ0n) is 46.2. The van der Waals surface area contributed by atoms with E-state index in [4.69, 9.17) is 9.05 Å². The molecule has 3 atom stereocenters. The van der Waals surface area contributed by atoms with Gasteiger partial charge in [0.05, 0.1) is 39.9 Å². The number of allylic oxidation sites excluding steroid dienone is 14. The van der Waals surface area contributed by atoms with Crippen LogP contribution in [0.3, 0.4) is 0 Å². The lowest BCUT2D eigenvalue weighted by molar-refractivity contribution is -0.870. The van der Waals surface area contributed by atoms with Crippen molar-refractivity contribution in [3.8, 4) is 0 Å². The smallest absolute Gasteiger partial charge is 0.268 e. The van der Waals surface area contributed by atoms with Crippen LogP contribution in [0, 0.1) is 0 Å². The van der Waals surface area contributed by atoms with Crippen LogP contribution in [-0.2, 0) is 18.4 Å². The van der Waals surface area contributed by atoms with Crippen LogP contribution in [0.15, 0.2) is 85.1 Å². The van der Waals surface area contributed by atoms with Gasteiger partial charge in [0.2, 0.25) is 5.91 Å². The van der Waals surface area contributed by atoms with Gasteiger partial charge in [0.1, 0.15) is 13.2 Å². The Balaban J connectivity index is 4.05. The van der Waals surface area contributed by atoms with Gasteiger partial charge in [0.15, 0.2) is 0 Å². The molecule has 0 aromatic carbocycles. The molecule has 0 aliphatic carbocycles. The summed E-state index contributed by atoms with van der Waals surface area (Å²) in [4.78, 5) is 25.5. The molecule has 0 aliphatic rings. The summed E-state index contributed by atoms with van der Waals surface area (Å²) in [6.45, 7) is 4.60. The number of carbonyl (C=O) groups excluding carboxylic acids is 1. The first-order chi connectivity index (χ1) is 34.0. The second-order valence-corrected chi connectivity index (χ2v) is 22.0. The molecule has 0 fully saturated rings. The maximum atomic E-state index is 13.0. The summed E-state index contributed by atoms with van der Waals surface area (Å²) < 4.78 is 23.4. The SMILES string of the molecule is CC/C=C\C/C=C\C/C=C\C/C=C\C/C=C\C/C=C\C/C=C\CCCCCCCCCCCCCCCC(=O)NC(COP(=O)([O-])OCC[N+](C)(C)C)C(O)CCCCCCCCCCCCCCC. The van der Waals surface area contributed by atoms with Crippen molar-refractivity contribution in [1.29, 1.82) is 0 Å². The third-order valence-electron chi connectivity index (χ3n) is 12.6. The van der Waals surface area contributed by atoms with Gasteiger partial charge < -0.3 is 28.8 Å². The Morgan fingerprint density at radius 3 is 1.27 bits per heavy atom. The highest BCUT2D eigenvalue weighted by atomic mass is 31.2. The third kappa shape index (κ3) is 53.5. The van der Waals surface area contributed by atoms with E-state index in [1.165, 1.54) is 135 Å². The molecule has 0 aliphatic heterocycles. The van der Waals surface area contributed by atoms with E-state index in [0.29, 0.717) is 23.9 Å². The van der Waals surface area contributed by atoms with Crippen LogP contribution >= 0.6 is 7.82 Å². The maximum absolute atomic E-state index is 13.0. The van der Waals surface area contributed by atoms with Gasteiger partial charge in [-0.3, -0.25) is 9.36 Å². The van der Waals surface area contributed by atoms with Gasteiger partial charge in [-0.25, -0.2) is 0 Å². The Hall–Kier alpha value is -2.32. The second kappa shape index (κ2) is 51.6. The van der Waals surface area contributed by atoms with E-state index in [2.05, 4.69) is 104 Å². The van der Waals surface area contributed by atoms with E-state index < -0.39 is 20.0 Å². The molecule has 0 saturated heterocycles. The molecule has 9 heteroatoms. The normalized spacial score (nSPS) is 14.6. The first-order valence-electron chi connectivity index (χ1n) is 28.9. The number of aliphatic hydroxyl groups excluding tert-OH is 1. The Morgan fingerprint density at radius 2 is 0.871 bits per heavy atom. The number of hydrogen-bond donors (Lipinski definition) is 2. The molecule has 406 valence electrons. The minimum absolute atomic E-state index is 0.00953. The number of hydrogen-bond acceptors (Lipinski definition) is 6. The number of phosphoric acid groups is 1. The quantitative estimate of drug-likeness (QED) is 0.0272. The molecule has 0 spiro atoms.